The van der Waals surface area contributed by atoms with Crippen LogP contribution in [0.25, 0.3) is 5.57 Å². The van der Waals surface area contributed by atoms with Gasteiger partial charge in [-0.05, 0) is 47.8 Å². The third-order valence-electron chi connectivity index (χ3n) is 4.67. The van der Waals surface area contributed by atoms with Crippen molar-refractivity contribution >= 4 is 27.3 Å². The van der Waals surface area contributed by atoms with E-state index in [1.165, 1.54) is 11.6 Å². The van der Waals surface area contributed by atoms with Gasteiger partial charge in [-0.3, -0.25) is 4.79 Å². The second kappa shape index (κ2) is 5.10. The minimum Gasteiger partial charge on any atom is -0.295 e. The van der Waals surface area contributed by atoms with Crippen LogP contribution in [0.1, 0.15) is 43.7 Å². The van der Waals surface area contributed by atoms with Gasteiger partial charge in [0, 0.05) is 16.7 Å². The van der Waals surface area contributed by atoms with Gasteiger partial charge in [-0.25, -0.2) is 4.39 Å². The minimum absolute atomic E-state index is 0.0277. The molecule has 0 amide bonds. The summed E-state index contributed by atoms with van der Waals surface area (Å²) in [5.74, 6) is -0.0776. The summed E-state index contributed by atoms with van der Waals surface area (Å²) in [5, 5.41) is 0. The van der Waals surface area contributed by atoms with Crippen molar-refractivity contribution < 1.29 is 9.18 Å². The molecule has 0 aromatic heterocycles. The van der Waals surface area contributed by atoms with E-state index in [0.717, 1.165) is 36.8 Å². The topological polar surface area (TPSA) is 17.1 Å². The van der Waals surface area contributed by atoms with Gasteiger partial charge in [-0.2, -0.15) is 0 Å². The first-order valence-electron chi connectivity index (χ1n) is 7.24. The van der Waals surface area contributed by atoms with E-state index in [1.54, 1.807) is 12.1 Å². The van der Waals surface area contributed by atoms with Crippen LogP contribution in [0.5, 0.6) is 0 Å². The smallest absolute Gasteiger partial charge is 0.157 e. The van der Waals surface area contributed by atoms with Gasteiger partial charge in [0.05, 0.1) is 0 Å². The molecule has 0 spiro atoms. The fraction of sp³-hybridized carbons (Fsp3) is 0.471. The number of unbranched alkanes of at least 4 members (excludes halogenated alkanes) is 1. The quantitative estimate of drug-likeness (QED) is 0.732. The molecule has 0 N–H and O–H groups in total. The van der Waals surface area contributed by atoms with Gasteiger partial charge in [-0.15, -0.1) is 0 Å². The summed E-state index contributed by atoms with van der Waals surface area (Å²) in [5.41, 5.74) is 3.14. The molecule has 3 heteroatoms. The summed E-state index contributed by atoms with van der Waals surface area (Å²) in [6.45, 7) is 2.18. The highest BCUT2D eigenvalue weighted by molar-refractivity contribution is 9.09. The fourth-order valence-electron chi connectivity index (χ4n) is 3.62. The lowest BCUT2D eigenvalue weighted by molar-refractivity contribution is -0.115. The van der Waals surface area contributed by atoms with Gasteiger partial charge in [-0.1, -0.05) is 41.8 Å². The Morgan fingerprint density at radius 2 is 2.25 bits per heavy atom. The van der Waals surface area contributed by atoms with E-state index in [0.29, 0.717) is 6.42 Å². The predicted octanol–water partition coefficient (Wildman–Crippen LogP) is 4.68. The zero-order valence-corrected chi connectivity index (χ0v) is 13.2. The molecule has 0 radical (unpaired) electrons. The molecule has 0 bridgehead atoms. The molecule has 0 saturated carbocycles. The average Bonchev–Trinajstić information content (AvgIpc) is 2.72. The third-order valence-corrected chi connectivity index (χ3v) is 5.87. The molecule has 1 aromatic rings. The summed E-state index contributed by atoms with van der Waals surface area (Å²) in [4.78, 5) is 12.1. The second-order valence-corrected chi connectivity index (χ2v) is 7.04. The van der Waals surface area contributed by atoms with Crippen molar-refractivity contribution in [3.05, 3.63) is 41.2 Å². The van der Waals surface area contributed by atoms with Crippen LogP contribution in [0.4, 0.5) is 4.39 Å². The largest absolute Gasteiger partial charge is 0.295 e. The third kappa shape index (κ3) is 2.07. The molecular weight excluding hydrogens is 319 g/mol. The number of hydrogen-bond donors (Lipinski definition) is 0. The Balaban J connectivity index is 2.12. The van der Waals surface area contributed by atoms with Crippen molar-refractivity contribution in [2.24, 2.45) is 5.41 Å². The zero-order valence-electron chi connectivity index (χ0n) is 11.6. The summed E-state index contributed by atoms with van der Waals surface area (Å²) < 4.78 is 13.6. The number of fused-ring (bicyclic) bond motifs is 3. The molecule has 0 heterocycles. The van der Waals surface area contributed by atoms with E-state index in [-0.39, 0.29) is 21.8 Å². The van der Waals surface area contributed by atoms with Crippen LogP contribution < -0.4 is 0 Å². The maximum absolute atomic E-state index is 13.6. The van der Waals surface area contributed by atoms with E-state index >= 15 is 0 Å². The Kier molecular flexibility index (Phi) is 3.57. The van der Waals surface area contributed by atoms with Crippen LogP contribution in [0.2, 0.25) is 0 Å². The molecule has 0 fully saturated rings. The number of ketones is 1. The fourth-order valence-corrected chi connectivity index (χ4v) is 4.58. The van der Waals surface area contributed by atoms with Crippen LogP contribution in [-0.4, -0.2) is 10.6 Å². The van der Waals surface area contributed by atoms with Gasteiger partial charge in [0.25, 0.3) is 0 Å². The Morgan fingerprint density at radius 3 is 3.00 bits per heavy atom. The Labute approximate surface area is 127 Å². The Morgan fingerprint density at radius 1 is 1.45 bits per heavy atom. The number of halogens is 2. The summed E-state index contributed by atoms with van der Waals surface area (Å²) in [6, 6.07) is 4.99. The maximum Gasteiger partial charge on any atom is 0.157 e. The highest BCUT2D eigenvalue weighted by Gasteiger charge is 2.48. The van der Waals surface area contributed by atoms with Gasteiger partial charge < -0.3 is 0 Å². The van der Waals surface area contributed by atoms with E-state index in [2.05, 4.69) is 22.9 Å². The summed E-state index contributed by atoms with van der Waals surface area (Å²) >= 11 is 3.75. The first-order valence-corrected chi connectivity index (χ1v) is 8.16. The van der Waals surface area contributed by atoms with Crippen LogP contribution in [0.3, 0.4) is 0 Å². The molecule has 2 atom stereocenters. The van der Waals surface area contributed by atoms with Gasteiger partial charge in [0.2, 0.25) is 0 Å². The maximum atomic E-state index is 13.6. The molecule has 0 saturated heterocycles. The Hall–Kier alpha value is -0.960. The molecule has 3 rings (SSSR count). The molecule has 20 heavy (non-hydrogen) atoms. The van der Waals surface area contributed by atoms with Crippen molar-refractivity contribution in [2.45, 2.75) is 43.9 Å². The van der Waals surface area contributed by atoms with Crippen molar-refractivity contribution in [2.75, 3.05) is 0 Å². The number of carbonyl (C=O) groups excluding carboxylic acids is 1. The molecule has 106 valence electrons. The lowest BCUT2D eigenvalue weighted by Gasteiger charge is -2.38. The number of hydrogen-bond acceptors (Lipinski definition) is 1. The molecule has 2 aliphatic rings. The van der Waals surface area contributed by atoms with Crippen LogP contribution >= 0.6 is 15.9 Å². The first-order chi connectivity index (χ1) is 9.56. The number of carbonyl (C=O) groups is 1. The average molecular weight is 337 g/mol. The molecule has 2 unspecified atom stereocenters. The SMILES string of the molecule is CCCCC12Cc3ccc(F)cc3C1=CC(=O)CC2Br. The lowest BCUT2D eigenvalue weighted by Crippen LogP contribution is -2.36. The molecule has 2 aliphatic carbocycles. The number of rotatable bonds is 3. The van der Waals surface area contributed by atoms with Crippen LogP contribution in [-0.2, 0) is 11.2 Å². The van der Waals surface area contributed by atoms with Crippen LogP contribution in [0, 0.1) is 11.2 Å². The predicted molar refractivity (Wildman–Crippen MR) is 82.4 cm³/mol. The van der Waals surface area contributed by atoms with Gasteiger partial charge >= 0.3 is 0 Å². The first kappa shape index (κ1) is 14.0. The van der Waals surface area contributed by atoms with E-state index in [4.69, 9.17) is 0 Å². The number of alkyl halides is 1. The van der Waals surface area contributed by atoms with Gasteiger partial charge in [0.1, 0.15) is 5.82 Å². The minimum atomic E-state index is -0.222. The van der Waals surface area contributed by atoms with Crippen molar-refractivity contribution in [1.29, 1.82) is 0 Å². The van der Waals surface area contributed by atoms with Crippen molar-refractivity contribution in [3.8, 4) is 0 Å². The van der Waals surface area contributed by atoms with Gasteiger partial charge in [0.15, 0.2) is 5.78 Å². The molecular formula is C17H18BrFO. The summed E-state index contributed by atoms with van der Waals surface area (Å²) in [6.07, 6.45) is 6.53. The second-order valence-electron chi connectivity index (χ2n) is 5.93. The Bertz CT molecular complexity index is 593. The highest BCUT2D eigenvalue weighted by Crippen LogP contribution is 2.56. The molecule has 0 aliphatic heterocycles. The summed E-state index contributed by atoms with van der Waals surface area (Å²) in [7, 11) is 0. The van der Waals surface area contributed by atoms with E-state index in [9.17, 15) is 9.18 Å². The van der Waals surface area contributed by atoms with Crippen molar-refractivity contribution in [1.82, 2.24) is 0 Å². The monoisotopic (exact) mass is 336 g/mol. The molecule has 1 aromatic carbocycles. The highest BCUT2D eigenvalue weighted by atomic mass is 79.9. The molecule has 1 nitrogen and oxygen atoms in total. The standard InChI is InChI=1S/C17H18BrFO/c1-2-3-6-17-10-11-4-5-12(19)7-14(11)15(17)8-13(20)9-16(17)18/h4-5,7-8,16H,2-3,6,9-10H2,1H3. The van der Waals surface area contributed by atoms with Crippen molar-refractivity contribution in [3.63, 3.8) is 0 Å². The van der Waals surface area contributed by atoms with E-state index < -0.39 is 0 Å². The number of allylic oxidation sites excluding steroid dienone is 2. The van der Waals surface area contributed by atoms with Crippen LogP contribution in [0.15, 0.2) is 24.3 Å². The lowest BCUT2D eigenvalue weighted by atomic mass is 9.69. The zero-order chi connectivity index (χ0) is 14.3. The number of benzene rings is 1. The van der Waals surface area contributed by atoms with E-state index in [1.807, 2.05) is 6.07 Å². The normalized spacial score (nSPS) is 28.1.